The van der Waals surface area contributed by atoms with Crippen molar-refractivity contribution >= 4 is 28.9 Å². The lowest BCUT2D eigenvalue weighted by Gasteiger charge is -2.58. The number of esters is 2. The van der Waals surface area contributed by atoms with Crippen molar-refractivity contribution in [3.05, 3.63) is 23.8 Å². The minimum atomic E-state index is -0.117. The average Bonchev–Trinajstić information content (AvgIpc) is 3.58. The van der Waals surface area contributed by atoms with Gasteiger partial charge in [0, 0.05) is 44.6 Å². The summed E-state index contributed by atoms with van der Waals surface area (Å²) < 4.78 is 11.6. The summed E-state index contributed by atoms with van der Waals surface area (Å²) in [6.07, 6.45) is 32.9. The summed E-state index contributed by atoms with van der Waals surface area (Å²) in [5.74, 6) is 5.49. The number of carbonyl (C=O) groups excluding carboxylic acids is 3. The average molecular weight is 869 g/mol. The zero-order valence-electron chi connectivity index (χ0n) is 40.6. The minimum absolute atomic E-state index is 0.0251. The van der Waals surface area contributed by atoms with Crippen LogP contribution in [0.2, 0.25) is 0 Å². The first-order valence-electron chi connectivity index (χ1n) is 25.5. The van der Waals surface area contributed by atoms with Crippen LogP contribution < -0.4 is 0 Å². The highest BCUT2D eigenvalue weighted by Crippen LogP contribution is 2.67. The van der Waals surface area contributed by atoms with E-state index in [1.807, 2.05) is 25.1 Å². The quantitative estimate of drug-likeness (QED) is 0.0440. The summed E-state index contributed by atoms with van der Waals surface area (Å²) in [6.45, 7) is 17.3. The van der Waals surface area contributed by atoms with Crippen molar-refractivity contribution in [2.75, 3.05) is 46.1 Å². The number of rotatable bonds is 28. The molecule has 4 aliphatic rings. The molecule has 0 radical (unpaired) electrons. The van der Waals surface area contributed by atoms with E-state index in [-0.39, 0.29) is 28.7 Å². The first-order chi connectivity index (χ1) is 29.3. The lowest BCUT2D eigenvalue weighted by molar-refractivity contribution is -0.151. The van der Waals surface area contributed by atoms with E-state index in [1.165, 1.54) is 88.8 Å². The van der Waals surface area contributed by atoms with Crippen LogP contribution in [0, 0.1) is 46.3 Å². The predicted octanol–water partition coefficient (Wildman–Crippen LogP) is 13.8. The molecule has 1 amide bonds. The molecule has 0 unspecified atom stereocenters. The fourth-order valence-corrected chi connectivity index (χ4v) is 13.3. The number of hydrogen-bond donors (Lipinski definition) is 0. The van der Waals surface area contributed by atoms with Crippen LogP contribution in [0.15, 0.2) is 23.8 Å². The van der Waals surface area contributed by atoms with Crippen molar-refractivity contribution in [3.63, 3.8) is 0 Å². The molecule has 0 aliphatic heterocycles. The molecule has 0 N–H and O–H groups in total. The first-order valence-corrected chi connectivity index (χ1v) is 26.5. The van der Waals surface area contributed by atoms with Crippen LogP contribution in [0.3, 0.4) is 0 Å². The van der Waals surface area contributed by atoms with Crippen molar-refractivity contribution in [2.45, 2.75) is 202 Å². The molecule has 7 nitrogen and oxygen atoms in total. The molecule has 0 saturated heterocycles. The molecule has 3 saturated carbocycles. The Hall–Kier alpha value is -1.80. The number of hydrogen-bond acceptors (Lipinski definition) is 7. The van der Waals surface area contributed by atoms with Gasteiger partial charge in [0.25, 0.3) is 5.24 Å². The Morgan fingerprint density at radius 3 is 2.31 bits per heavy atom. The normalized spacial score (nSPS) is 27.7. The summed E-state index contributed by atoms with van der Waals surface area (Å²) in [5.41, 5.74) is 2.32. The fraction of sp³-hybridized carbons (Fsp3) is 0.868. The third kappa shape index (κ3) is 16.3. The summed E-state index contributed by atoms with van der Waals surface area (Å²) in [4.78, 5) is 42.7. The van der Waals surface area contributed by atoms with Gasteiger partial charge >= 0.3 is 11.9 Å². The molecule has 350 valence electrons. The molecule has 0 spiro atoms. The number of allylic oxidation sites excluding steroid dienone is 2. The first kappa shape index (κ1) is 51.8. The topological polar surface area (TPSA) is 76.1 Å². The van der Waals surface area contributed by atoms with Crippen LogP contribution in [0.4, 0.5) is 4.79 Å². The monoisotopic (exact) mass is 869 g/mol. The van der Waals surface area contributed by atoms with Crippen LogP contribution in [-0.2, 0) is 19.1 Å². The molecular weight excluding hydrogens is 777 g/mol. The third-order valence-electron chi connectivity index (χ3n) is 15.9. The van der Waals surface area contributed by atoms with Gasteiger partial charge in [-0.05, 0) is 137 Å². The molecule has 4 rings (SSSR count). The number of nitrogens with zero attached hydrogens (tertiary/aromatic N) is 2. The van der Waals surface area contributed by atoms with Crippen LogP contribution >= 0.6 is 11.8 Å². The maximum absolute atomic E-state index is 13.3. The van der Waals surface area contributed by atoms with E-state index in [4.69, 9.17) is 9.47 Å². The molecule has 0 heterocycles. The predicted molar refractivity (Wildman–Crippen MR) is 257 cm³/mol. The second-order valence-corrected chi connectivity index (χ2v) is 22.2. The Kier molecular flexibility index (Phi) is 22.8. The Morgan fingerprint density at radius 1 is 0.803 bits per heavy atom. The van der Waals surface area contributed by atoms with Gasteiger partial charge < -0.3 is 19.3 Å². The number of amides is 1. The second-order valence-electron chi connectivity index (χ2n) is 21.2. The van der Waals surface area contributed by atoms with E-state index in [0.29, 0.717) is 44.4 Å². The highest BCUT2D eigenvalue weighted by atomic mass is 32.2. The number of unbranched alkanes of at least 4 members (excludes halogenated alkanes) is 8. The highest BCUT2D eigenvalue weighted by Gasteiger charge is 2.59. The van der Waals surface area contributed by atoms with Gasteiger partial charge in [0.1, 0.15) is 12.7 Å². The standard InChI is InChI=1S/C53H92N2O5S/c1-9-10-11-12-13-17-20-38-59-49(56)25-18-15-14-16-19-35-55(51(58)61-39-37-54(7)8)36-22-26-50(57)60-44-31-33-52(5)43(40-44)27-28-45-47-30-29-46(42(4)24-21-23-41(2)3)53(47,6)34-32-48(45)52/h17,20,27,41-42,44-48H,9-16,18-19,21-26,28-40H2,1-8H3/t42-,44+,45+,46-,47+,48+,52+,53-/m1/s1. The molecule has 0 aromatic carbocycles. The summed E-state index contributed by atoms with van der Waals surface area (Å²) in [7, 11) is 4.06. The van der Waals surface area contributed by atoms with Crippen LogP contribution in [0.1, 0.15) is 196 Å². The maximum atomic E-state index is 13.3. The van der Waals surface area contributed by atoms with Gasteiger partial charge in [0.15, 0.2) is 0 Å². The molecule has 61 heavy (non-hydrogen) atoms. The van der Waals surface area contributed by atoms with E-state index in [0.717, 1.165) is 106 Å². The smallest absolute Gasteiger partial charge is 0.306 e. The van der Waals surface area contributed by atoms with Crippen LogP contribution in [0.25, 0.3) is 0 Å². The lowest BCUT2D eigenvalue weighted by atomic mass is 9.47. The molecule has 4 aliphatic carbocycles. The van der Waals surface area contributed by atoms with E-state index in [1.54, 1.807) is 5.57 Å². The Labute approximate surface area is 379 Å². The van der Waals surface area contributed by atoms with E-state index >= 15 is 0 Å². The van der Waals surface area contributed by atoms with Gasteiger partial charge in [-0.15, -0.1) is 0 Å². The van der Waals surface area contributed by atoms with Gasteiger partial charge in [-0.3, -0.25) is 14.4 Å². The van der Waals surface area contributed by atoms with E-state index in [2.05, 4.69) is 58.6 Å². The highest BCUT2D eigenvalue weighted by molar-refractivity contribution is 8.13. The maximum Gasteiger partial charge on any atom is 0.306 e. The lowest BCUT2D eigenvalue weighted by Crippen LogP contribution is -2.51. The fourth-order valence-electron chi connectivity index (χ4n) is 12.3. The van der Waals surface area contributed by atoms with Gasteiger partial charge in [0.05, 0.1) is 0 Å². The summed E-state index contributed by atoms with van der Waals surface area (Å²) in [6, 6.07) is 0. The van der Waals surface area contributed by atoms with Crippen LogP contribution in [0.5, 0.6) is 0 Å². The van der Waals surface area contributed by atoms with E-state index < -0.39 is 0 Å². The summed E-state index contributed by atoms with van der Waals surface area (Å²) >= 11 is 1.38. The Bertz CT molecular complexity index is 1380. The zero-order valence-corrected chi connectivity index (χ0v) is 41.4. The van der Waals surface area contributed by atoms with Crippen molar-refractivity contribution in [2.24, 2.45) is 46.3 Å². The molecule has 3 fully saturated rings. The van der Waals surface area contributed by atoms with Crippen LogP contribution in [-0.4, -0.2) is 79.2 Å². The minimum Gasteiger partial charge on any atom is -0.462 e. The zero-order chi connectivity index (χ0) is 44.3. The number of ether oxygens (including phenoxy) is 2. The Morgan fingerprint density at radius 2 is 1.54 bits per heavy atom. The third-order valence-corrected chi connectivity index (χ3v) is 16.8. The molecule has 0 aromatic rings. The van der Waals surface area contributed by atoms with Crippen molar-refractivity contribution < 1.29 is 23.9 Å². The molecule has 8 heteroatoms. The molecule has 0 aromatic heterocycles. The number of carbonyl (C=O) groups is 3. The molecular formula is C53H92N2O5S. The van der Waals surface area contributed by atoms with Gasteiger partial charge in [-0.25, -0.2) is 0 Å². The second kappa shape index (κ2) is 26.9. The number of fused-ring (bicyclic) bond motifs is 5. The van der Waals surface area contributed by atoms with Crippen molar-refractivity contribution in [1.82, 2.24) is 9.80 Å². The number of thioether (sulfide) groups is 1. The van der Waals surface area contributed by atoms with Gasteiger partial charge in [-0.1, -0.05) is 135 Å². The van der Waals surface area contributed by atoms with Crippen molar-refractivity contribution in [1.29, 1.82) is 0 Å². The summed E-state index contributed by atoms with van der Waals surface area (Å²) in [5, 5.41) is 0.106. The largest absolute Gasteiger partial charge is 0.462 e. The van der Waals surface area contributed by atoms with E-state index in [9.17, 15) is 14.4 Å². The molecule has 0 bridgehead atoms. The van der Waals surface area contributed by atoms with Gasteiger partial charge in [0.2, 0.25) is 0 Å². The Balaban J connectivity index is 1.16. The molecule has 8 atom stereocenters. The van der Waals surface area contributed by atoms with Crippen molar-refractivity contribution in [3.8, 4) is 0 Å². The SMILES string of the molecule is CCCCCCC=CCOC(=O)CCCCCCCN(CCCC(=O)O[C@H]1CC[C@@]2(C)C(=CC[C@H]3[C@@H]4CC[C@H]([C@H](C)CCCC(C)C)[C@@]4(C)CC[C@@H]32)C1)C(=O)SCCN(C)C. The van der Waals surface area contributed by atoms with Gasteiger partial charge in [-0.2, -0.15) is 0 Å².